The summed E-state index contributed by atoms with van der Waals surface area (Å²) in [6, 6.07) is 16.8. The minimum atomic E-state index is -0.322. The van der Waals surface area contributed by atoms with Crippen LogP contribution in [-0.2, 0) is 6.61 Å². The van der Waals surface area contributed by atoms with Crippen LogP contribution in [0.2, 0.25) is 0 Å². The maximum atomic E-state index is 13.1. The van der Waals surface area contributed by atoms with Crippen molar-refractivity contribution in [2.75, 3.05) is 0 Å². The van der Waals surface area contributed by atoms with E-state index in [-0.39, 0.29) is 12.4 Å². The molecule has 3 rings (SSSR count). The number of benzene rings is 2. The van der Waals surface area contributed by atoms with E-state index in [0.29, 0.717) is 28.1 Å². The minimum Gasteiger partial charge on any atom is -0.487 e. The Kier molecular flexibility index (Phi) is 6.23. The van der Waals surface area contributed by atoms with Gasteiger partial charge in [0.1, 0.15) is 24.2 Å². The lowest BCUT2D eigenvalue weighted by atomic mass is 9.99. The second-order valence-electron chi connectivity index (χ2n) is 6.85. The van der Waals surface area contributed by atoms with Gasteiger partial charge >= 0.3 is 0 Å². The van der Waals surface area contributed by atoms with E-state index in [2.05, 4.69) is 11.1 Å². The molecule has 0 bridgehead atoms. The Morgan fingerprint density at radius 3 is 2.37 bits per heavy atom. The number of allylic oxidation sites excluding steroid dienone is 1. The zero-order valence-corrected chi connectivity index (χ0v) is 16.7. The van der Waals surface area contributed by atoms with Crippen molar-refractivity contribution in [3.05, 3.63) is 94.1 Å². The lowest BCUT2D eigenvalue weighted by molar-refractivity contribution is 0.305. The van der Waals surface area contributed by atoms with Crippen LogP contribution >= 0.6 is 0 Å². The van der Waals surface area contributed by atoms with Gasteiger partial charge in [-0.05, 0) is 61.4 Å². The molecule has 0 fully saturated rings. The molecule has 0 saturated carbocycles. The monoisotopic (exact) mass is 400 g/mol. The highest BCUT2D eigenvalue weighted by Crippen LogP contribution is 2.27. The molecule has 0 radical (unpaired) electrons. The normalized spacial score (nSPS) is 11.4. The molecule has 0 unspecified atom stereocenters. The fourth-order valence-corrected chi connectivity index (χ4v) is 3.11. The molecule has 1 aromatic heterocycles. The summed E-state index contributed by atoms with van der Waals surface area (Å²) in [7, 11) is 0. The van der Waals surface area contributed by atoms with Gasteiger partial charge in [0.2, 0.25) is 0 Å². The van der Waals surface area contributed by atoms with Gasteiger partial charge in [0.15, 0.2) is 0 Å². The van der Waals surface area contributed by atoms with Crippen molar-refractivity contribution in [2.24, 2.45) is 5.73 Å². The van der Waals surface area contributed by atoms with Gasteiger partial charge < -0.3 is 15.9 Å². The quantitative estimate of drug-likeness (QED) is 0.583. The van der Waals surface area contributed by atoms with Gasteiger partial charge in [-0.25, -0.2) is 4.39 Å². The number of ether oxygens (including phenoxy) is 1. The van der Waals surface area contributed by atoms with E-state index < -0.39 is 0 Å². The smallest absolute Gasteiger partial charge is 0.138 e. The number of hydrogen-bond donors (Lipinski definition) is 2. The Morgan fingerprint density at radius 2 is 1.77 bits per heavy atom. The van der Waals surface area contributed by atoms with Gasteiger partial charge in [-0.1, -0.05) is 18.2 Å². The summed E-state index contributed by atoms with van der Waals surface area (Å²) in [6.45, 7) is 3.96. The molecular weight excluding hydrogens is 379 g/mol. The van der Waals surface area contributed by atoms with Crippen LogP contribution in [0, 0.1) is 36.4 Å². The lowest BCUT2D eigenvalue weighted by Crippen LogP contribution is -2.05. The second-order valence-corrected chi connectivity index (χ2v) is 6.85. The highest BCUT2D eigenvalue weighted by atomic mass is 19.1. The van der Waals surface area contributed by atoms with Crippen molar-refractivity contribution >= 4 is 17.5 Å². The fourth-order valence-electron chi connectivity index (χ4n) is 3.11. The molecule has 1 heterocycles. The molecule has 5 nitrogen and oxygen atoms in total. The molecule has 0 atom stereocenters. The SMILES string of the molecule is Cc1cc(C(C=N)=C(N)c2ccc(C#N)c(OCc3ccc(F)cc3)c2)cc(C)n1. The molecule has 3 aromatic rings. The topological polar surface area (TPSA) is 95.8 Å². The van der Waals surface area contributed by atoms with E-state index >= 15 is 0 Å². The second kappa shape index (κ2) is 9.01. The number of nitrogens with two attached hydrogens (primary N) is 1. The van der Waals surface area contributed by atoms with Gasteiger partial charge in [-0.3, -0.25) is 4.98 Å². The van der Waals surface area contributed by atoms with Crippen LogP contribution in [-0.4, -0.2) is 11.2 Å². The van der Waals surface area contributed by atoms with Gasteiger partial charge in [-0.2, -0.15) is 5.26 Å². The average molecular weight is 400 g/mol. The summed E-state index contributed by atoms with van der Waals surface area (Å²) in [4.78, 5) is 4.36. The summed E-state index contributed by atoms with van der Waals surface area (Å²) in [5.41, 5.74) is 11.6. The van der Waals surface area contributed by atoms with E-state index in [1.54, 1.807) is 30.3 Å². The molecular formula is C24H21FN4O. The van der Waals surface area contributed by atoms with Crippen LogP contribution in [0.4, 0.5) is 4.39 Å². The van der Waals surface area contributed by atoms with Crippen molar-refractivity contribution in [2.45, 2.75) is 20.5 Å². The highest BCUT2D eigenvalue weighted by molar-refractivity contribution is 6.17. The molecule has 0 aliphatic heterocycles. The number of halogens is 1. The average Bonchev–Trinajstić information content (AvgIpc) is 2.73. The van der Waals surface area contributed by atoms with Crippen LogP contribution < -0.4 is 10.5 Å². The van der Waals surface area contributed by atoms with Crippen LogP contribution in [0.15, 0.2) is 54.6 Å². The fraction of sp³-hybridized carbons (Fsp3) is 0.125. The first-order valence-corrected chi connectivity index (χ1v) is 9.29. The molecule has 30 heavy (non-hydrogen) atoms. The third-order valence-electron chi connectivity index (χ3n) is 4.55. The number of pyridine rings is 1. The summed E-state index contributed by atoms with van der Waals surface area (Å²) < 4.78 is 18.9. The molecule has 0 spiro atoms. The Hall–Kier alpha value is -3.98. The summed E-state index contributed by atoms with van der Waals surface area (Å²) in [6.07, 6.45) is 1.21. The van der Waals surface area contributed by atoms with Crippen molar-refractivity contribution in [3.63, 3.8) is 0 Å². The van der Waals surface area contributed by atoms with Crippen LogP contribution in [0.25, 0.3) is 11.3 Å². The highest BCUT2D eigenvalue weighted by Gasteiger charge is 2.12. The zero-order chi connectivity index (χ0) is 21.7. The number of aromatic nitrogens is 1. The lowest BCUT2D eigenvalue weighted by Gasteiger charge is -2.13. The van der Waals surface area contributed by atoms with E-state index in [1.165, 1.54) is 18.3 Å². The maximum Gasteiger partial charge on any atom is 0.138 e. The Morgan fingerprint density at radius 1 is 1.10 bits per heavy atom. The number of aryl methyl sites for hydroxylation is 2. The van der Waals surface area contributed by atoms with Gasteiger partial charge in [0.25, 0.3) is 0 Å². The number of nitrogens with zero attached hydrogens (tertiary/aromatic N) is 2. The summed E-state index contributed by atoms with van der Waals surface area (Å²) in [5.74, 6) is 0.0471. The Balaban J connectivity index is 1.97. The van der Waals surface area contributed by atoms with E-state index in [9.17, 15) is 9.65 Å². The maximum absolute atomic E-state index is 13.1. The zero-order valence-electron chi connectivity index (χ0n) is 16.7. The van der Waals surface area contributed by atoms with E-state index in [0.717, 1.165) is 22.5 Å². The molecule has 6 heteroatoms. The number of rotatable bonds is 6. The molecule has 0 aliphatic carbocycles. The van der Waals surface area contributed by atoms with Crippen LogP contribution in [0.5, 0.6) is 5.75 Å². The molecule has 150 valence electrons. The molecule has 3 N–H and O–H groups in total. The van der Waals surface area contributed by atoms with Crippen molar-refractivity contribution in [3.8, 4) is 11.8 Å². The largest absolute Gasteiger partial charge is 0.487 e. The summed E-state index contributed by atoms with van der Waals surface area (Å²) in [5, 5.41) is 17.3. The standard InChI is InChI=1S/C24H21FN4O/c1-15-9-20(10-16(2)29-15)22(13-27)24(28)18-5-6-19(12-26)23(11-18)30-14-17-3-7-21(25)8-4-17/h3-11,13,27H,14,28H2,1-2H3. The molecule has 2 aromatic carbocycles. The first kappa shape index (κ1) is 20.7. The number of nitrogens with one attached hydrogen (secondary N) is 1. The Labute approximate surface area is 174 Å². The van der Waals surface area contributed by atoms with E-state index in [4.69, 9.17) is 15.9 Å². The molecule has 0 amide bonds. The van der Waals surface area contributed by atoms with Crippen molar-refractivity contribution in [1.29, 1.82) is 10.7 Å². The van der Waals surface area contributed by atoms with Crippen LogP contribution in [0.3, 0.4) is 0 Å². The van der Waals surface area contributed by atoms with Gasteiger partial charge in [0.05, 0.1) is 5.56 Å². The first-order chi connectivity index (χ1) is 14.4. The molecule has 0 aliphatic rings. The first-order valence-electron chi connectivity index (χ1n) is 9.29. The third kappa shape index (κ3) is 4.70. The van der Waals surface area contributed by atoms with Gasteiger partial charge in [-0.15, -0.1) is 0 Å². The van der Waals surface area contributed by atoms with Crippen molar-refractivity contribution in [1.82, 2.24) is 4.98 Å². The predicted octanol–water partition coefficient (Wildman–Crippen LogP) is 4.76. The third-order valence-corrected chi connectivity index (χ3v) is 4.55. The van der Waals surface area contributed by atoms with Crippen molar-refractivity contribution < 1.29 is 9.13 Å². The predicted molar refractivity (Wildman–Crippen MR) is 115 cm³/mol. The van der Waals surface area contributed by atoms with Gasteiger partial charge in [0, 0.05) is 34.4 Å². The molecule has 0 saturated heterocycles. The summed E-state index contributed by atoms with van der Waals surface area (Å²) >= 11 is 0. The Bertz CT molecular complexity index is 1140. The number of nitriles is 1. The van der Waals surface area contributed by atoms with E-state index in [1.807, 2.05) is 26.0 Å². The van der Waals surface area contributed by atoms with Crippen LogP contribution in [0.1, 0.15) is 33.6 Å². The number of hydrogen-bond acceptors (Lipinski definition) is 5. The minimum absolute atomic E-state index is 0.183.